The van der Waals surface area contributed by atoms with Gasteiger partial charge in [0.1, 0.15) is 10.4 Å². The van der Waals surface area contributed by atoms with Gasteiger partial charge in [0.15, 0.2) is 11.6 Å². The Hall–Kier alpha value is -1.24. The Labute approximate surface area is 128 Å². The highest BCUT2D eigenvalue weighted by molar-refractivity contribution is 7.16. The lowest BCUT2D eigenvalue weighted by Crippen LogP contribution is -2.36. The molecule has 1 aliphatic carbocycles. The summed E-state index contributed by atoms with van der Waals surface area (Å²) in [5.41, 5.74) is 2.35. The molecule has 0 atom stereocenters. The number of fused-ring (bicyclic) bond motifs is 1. The van der Waals surface area contributed by atoms with E-state index in [1.165, 1.54) is 0 Å². The Morgan fingerprint density at radius 2 is 2.19 bits per heavy atom. The topological polar surface area (TPSA) is 73.1 Å². The van der Waals surface area contributed by atoms with Crippen molar-refractivity contribution in [3.63, 3.8) is 0 Å². The molecule has 3 rings (SSSR count). The van der Waals surface area contributed by atoms with E-state index in [4.69, 9.17) is 15.6 Å². The Morgan fingerprint density at radius 1 is 1.43 bits per heavy atom. The minimum absolute atomic E-state index is 0.356. The van der Waals surface area contributed by atoms with Crippen LogP contribution in [0.4, 0.5) is 5.82 Å². The third-order valence-electron chi connectivity index (χ3n) is 4.37. The average Bonchev–Trinajstić information content (AvgIpc) is 2.97. The molecule has 0 amide bonds. The molecule has 0 saturated heterocycles. The molecule has 3 N–H and O–H groups in total. The van der Waals surface area contributed by atoms with E-state index < -0.39 is 0 Å². The molecule has 0 spiro atoms. The first-order valence-corrected chi connectivity index (χ1v) is 8.43. The fraction of sp³-hybridized carbons (Fsp3) is 0.600. The van der Waals surface area contributed by atoms with Crippen LogP contribution in [0.15, 0.2) is 11.4 Å². The lowest BCUT2D eigenvalue weighted by atomic mass is 9.79. The number of hydrogen-bond donors (Lipinski definition) is 2. The van der Waals surface area contributed by atoms with E-state index in [2.05, 4.69) is 17.3 Å². The zero-order valence-corrected chi connectivity index (χ0v) is 13.4. The SMILES string of the molecule is CCOC1(c2nc(NN)c3ccsc3n2)CCC(C)CC1. The highest BCUT2D eigenvalue weighted by Gasteiger charge is 2.39. The molecule has 114 valence electrons. The molecule has 2 aromatic heterocycles. The number of anilines is 1. The molecule has 1 aliphatic rings. The van der Waals surface area contributed by atoms with Crippen LogP contribution in [-0.4, -0.2) is 16.6 Å². The van der Waals surface area contributed by atoms with Gasteiger partial charge in [-0.05, 0) is 50.0 Å². The van der Waals surface area contributed by atoms with Gasteiger partial charge in [-0.3, -0.25) is 0 Å². The molecule has 1 saturated carbocycles. The van der Waals surface area contributed by atoms with Crippen molar-refractivity contribution in [3.8, 4) is 0 Å². The van der Waals surface area contributed by atoms with Crippen molar-refractivity contribution in [2.75, 3.05) is 12.0 Å². The summed E-state index contributed by atoms with van der Waals surface area (Å²) >= 11 is 1.61. The number of ether oxygens (including phenoxy) is 1. The normalized spacial score (nSPS) is 26.1. The largest absolute Gasteiger partial charge is 0.367 e. The highest BCUT2D eigenvalue weighted by atomic mass is 32.1. The molecule has 5 nitrogen and oxygen atoms in total. The average molecular weight is 306 g/mol. The monoisotopic (exact) mass is 306 g/mol. The number of nitrogens with two attached hydrogens (primary N) is 1. The minimum atomic E-state index is -0.356. The van der Waals surface area contributed by atoms with Crippen LogP contribution >= 0.6 is 11.3 Å². The third kappa shape index (κ3) is 2.63. The van der Waals surface area contributed by atoms with Crippen LogP contribution in [0.3, 0.4) is 0 Å². The maximum absolute atomic E-state index is 6.14. The second-order valence-corrected chi connectivity index (χ2v) is 6.68. The second kappa shape index (κ2) is 5.87. The van der Waals surface area contributed by atoms with Crippen molar-refractivity contribution < 1.29 is 4.74 Å². The number of hydrogen-bond acceptors (Lipinski definition) is 6. The van der Waals surface area contributed by atoms with E-state index in [1.54, 1.807) is 11.3 Å². The summed E-state index contributed by atoms with van der Waals surface area (Å²) in [7, 11) is 0. The van der Waals surface area contributed by atoms with E-state index in [0.717, 1.165) is 47.6 Å². The fourth-order valence-electron chi connectivity index (χ4n) is 3.11. The van der Waals surface area contributed by atoms with E-state index in [9.17, 15) is 0 Å². The van der Waals surface area contributed by atoms with Crippen molar-refractivity contribution in [1.29, 1.82) is 0 Å². The molecule has 6 heteroatoms. The summed E-state index contributed by atoms with van der Waals surface area (Å²) in [5.74, 6) is 7.85. The molecule has 2 heterocycles. The van der Waals surface area contributed by atoms with Gasteiger partial charge in [0, 0.05) is 6.61 Å². The first-order valence-electron chi connectivity index (χ1n) is 7.55. The summed E-state index contributed by atoms with van der Waals surface area (Å²) in [6.07, 6.45) is 4.25. The second-order valence-electron chi connectivity index (χ2n) is 5.79. The molecule has 21 heavy (non-hydrogen) atoms. The van der Waals surface area contributed by atoms with E-state index in [0.29, 0.717) is 12.4 Å². The number of thiophene rings is 1. The smallest absolute Gasteiger partial charge is 0.164 e. The van der Waals surface area contributed by atoms with Gasteiger partial charge in [-0.25, -0.2) is 15.8 Å². The molecule has 1 fully saturated rings. The van der Waals surface area contributed by atoms with Gasteiger partial charge < -0.3 is 10.2 Å². The van der Waals surface area contributed by atoms with Crippen molar-refractivity contribution in [2.24, 2.45) is 11.8 Å². The highest BCUT2D eigenvalue weighted by Crippen LogP contribution is 2.42. The Kier molecular flexibility index (Phi) is 4.10. The number of nitrogen functional groups attached to an aromatic ring is 1. The Bertz CT molecular complexity index is 619. The van der Waals surface area contributed by atoms with Crippen LogP contribution in [0.25, 0.3) is 10.2 Å². The molecule has 0 bridgehead atoms. The molecule has 0 aliphatic heterocycles. The number of nitrogens with zero attached hydrogens (tertiary/aromatic N) is 2. The van der Waals surface area contributed by atoms with Gasteiger partial charge in [-0.1, -0.05) is 6.92 Å². The molecule has 0 unspecified atom stereocenters. The van der Waals surface area contributed by atoms with E-state index in [-0.39, 0.29) is 5.60 Å². The van der Waals surface area contributed by atoms with Gasteiger partial charge in [0.05, 0.1) is 5.39 Å². The van der Waals surface area contributed by atoms with Crippen LogP contribution in [0, 0.1) is 5.92 Å². The maximum Gasteiger partial charge on any atom is 0.164 e. The van der Waals surface area contributed by atoms with Gasteiger partial charge in [-0.2, -0.15) is 0 Å². The third-order valence-corrected chi connectivity index (χ3v) is 5.18. The van der Waals surface area contributed by atoms with E-state index in [1.807, 2.05) is 18.4 Å². The van der Waals surface area contributed by atoms with Crippen molar-refractivity contribution >= 4 is 27.4 Å². The number of rotatable bonds is 4. The predicted molar refractivity (Wildman–Crippen MR) is 86.2 cm³/mol. The summed E-state index contributed by atoms with van der Waals surface area (Å²) in [6, 6.07) is 2.00. The standard InChI is InChI=1S/C15H22N4OS/c1-3-20-15(7-4-10(2)5-8-15)14-17-12(19-16)11-6-9-21-13(11)18-14/h6,9-10H,3-5,7-8,16H2,1-2H3,(H,17,18,19). The molecular formula is C15H22N4OS. The van der Waals surface area contributed by atoms with Gasteiger partial charge in [0.2, 0.25) is 0 Å². The number of nitrogens with one attached hydrogen (secondary N) is 1. The van der Waals surface area contributed by atoms with Crippen LogP contribution in [0.5, 0.6) is 0 Å². The molecule has 2 aromatic rings. The van der Waals surface area contributed by atoms with Gasteiger partial charge in [0.25, 0.3) is 0 Å². The zero-order valence-electron chi connectivity index (χ0n) is 12.6. The van der Waals surface area contributed by atoms with Gasteiger partial charge in [-0.15, -0.1) is 11.3 Å². The summed E-state index contributed by atoms with van der Waals surface area (Å²) in [4.78, 5) is 10.4. The van der Waals surface area contributed by atoms with Crippen LogP contribution in [0.1, 0.15) is 45.4 Å². The summed E-state index contributed by atoms with van der Waals surface area (Å²) in [5, 5.41) is 2.99. The van der Waals surface area contributed by atoms with E-state index >= 15 is 0 Å². The summed E-state index contributed by atoms with van der Waals surface area (Å²) in [6.45, 7) is 5.00. The quantitative estimate of drug-likeness (QED) is 0.669. The lowest BCUT2D eigenvalue weighted by Gasteiger charge is -2.37. The molecule has 0 radical (unpaired) electrons. The van der Waals surface area contributed by atoms with Crippen molar-refractivity contribution in [3.05, 3.63) is 17.3 Å². The first-order chi connectivity index (χ1) is 10.2. The zero-order chi connectivity index (χ0) is 14.9. The van der Waals surface area contributed by atoms with Crippen LogP contribution in [0.2, 0.25) is 0 Å². The molecule has 0 aromatic carbocycles. The lowest BCUT2D eigenvalue weighted by molar-refractivity contribution is -0.0833. The summed E-state index contributed by atoms with van der Waals surface area (Å²) < 4.78 is 6.14. The maximum atomic E-state index is 6.14. The number of aromatic nitrogens is 2. The van der Waals surface area contributed by atoms with Crippen LogP contribution in [-0.2, 0) is 10.3 Å². The Balaban J connectivity index is 2.06. The van der Waals surface area contributed by atoms with Crippen molar-refractivity contribution in [1.82, 2.24) is 9.97 Å². The first kappa shape index (κ1) is 14.7. The van der Waals surface area contributed by atoms with Crippen molar-refractivity contribution in [2.45, 2.75) is 45.1 Å². The minimum Gasteiger partial charge on any atom is -0.367 e. The predicted octanol–water partition coefficient (Wildman–Crippen LogP) is 3.42. The van der Waals surface area contributed by atoms with Gasteiger partial charge >= 0.3 is 0 Å². The fourth-order valence-corrected chi connectivity index (χ4v) is 3.87. The Morgan fingerprint density at radius 3 is 2.86 bits per heavy atom. The molecular weight excluding hydrogens is 284 g/mol. The number of hydrazine groups is 1. The van der Waals surface area contributed by atoms with Crippen LogP contribution < -0.4 is 11.3 Å².